The van der Waals surface area contributed by atoms with Crippen LogP contribution in [-0.2, 0) is 0 Å². The van der Waals surface area contributed by atoms with Crippen LogP contribution in [0.2, 0.25) is 0 Å². The molecular weight excluding hydrogens is 202 g/mol. The molecule has 0 aliphatic heterocycles. The molecule has 4 heteroatoms. The van der Waals surface area contributed by atoms with E-state index in [0.29, 0.717) is 12.2 Å². The van der Waals surface area contributed by atoms with Crippen LogP contribution in [0.25, 0.3) is 0 Å². The maximum Gasteiger partial charge on any atom is 0.270 e. The van der Waals surface area contributed by atoms with Gasteiger partial charge in [-0.1, -0.05) is 13.0 Å². The molecule has 0 spiro atoms. The zero-order valence-electron chi connectivity index (χ0n) is 9.86. The lowest BCUT2D eigenvalue weighted by molar-refractivity contribution is 0.0947. The fourth-order valence-electron chi connectivity index (χ4n) is 1.38. The number of nitrogens with zero attached hydrogens (tertiary/aromatic N) is 1. The summed E-state index contributed by atoms with van der Waals surface area (Å²) in [5.74, 6) is -0.124. The fraction of sp³-hybridized carbons (Fsp3) is 0.500. The van der Waals surface area contributed by atoms with Crippen molar-refractivity contribution in [2.45, 2.75) is 32.7 Å². The maximum absolute atomic E-state index is 11.7. The molecule has 1 aromatic heterocycles. The summed E-state index contributed by atoms with van der Waals surface area (Å²) in [4.78, 5) is 15.8. The molecule has 0 aliphatic carbocycles. The highest BCUT2D eigenvalue weighted by atomic mass is 16.1. The highest BCUT2D eigenvalue weighted by Gasteiger charge is 2.09. The molecule has 1 unspecified atom stereocenters. The van der Waals surface area contributed by atoms with Crippen LogP contribution >= 0.6 is 0 Å². The summed E-state index contributed by atoms with van der Waals surface area (Å²) in [6.45, 7) is 4.51. The molecular formula is C12H19N3O. The normalized spacial score (nSPS) is 12.2. The van der Waals surface area contributed by atoms with E-state index >= 15 is 0 Å². The summed E-state index contributed by atoms with van der Waals surface area (Å²) < 4.78 is 0. The van der Waals surface area contributed by atoms with Gasteiger partial charge in [0.1, 0.15) is 5.69 Å². The molecule has 88 valence electrons. The van der Waals surface area contributed by atoms with Crippen LogP contribution in [0.1, 0.15) is 35.8 Å². The van der Waals surface area contributed by atoms with Gasteiger partial charge in [0.2, 0.25) is 0 Å². The summed E-state index contributed by atoms with van der Waals surface area (Å²) in [5, 5.41) is 2.82. The van der Waals surface area contributed by atoms with Gasteiger partial charge in [-0.05, 0) is 31.4 Å². The topological polar surface area (TPSA) is 68.0 Å². The van der Waals surface area contributed by atoms with Gasteiger partial charge < -0.3 is 11.1 Å². The van der Waals surface area contributed by atoms with E-state index in [1.165, 1.54) is 0 Å². The molecule has 0 fully saturated rings. The molecule has 0 radical (unpaired) electrons. The Morgan fingerprint density at radius 1 is 1.62 bits per heavy atom. The quantitative estimate of drug-likeness (QED) is 0.786. The monoisotopic (exact) mass is 221 g/mol. The van der Waals surface area contributed by atoms with E-state index < -0.39 is 0 Å². The molecule has 0 aromatic carbocycles. The van der Waals surface area contributed by atoms with E-state index in [4.69, 9.17) is 5.73 Å². The lowest BCUT2D eigenvalue weighted by atomic mass is 10.1. The first kappa shape index (κ1) is 12.6. The van der Waals surface area contributed by atoms with Crippen LogP contribution in [0.5, 0.6) is 0 Å². The largest absolute Gasteiger partial charge is 0.351 e. The lowest BCUT2D eigenvalue weighted by Crippen LogP contribution is -2.30. The van der Waals surface area contributed by atoms with Gasteiger partial charge in [-0.2, -0.15) is 0 Å². The minimum Gasteiger partial charge on any atom is -0.351 e. The Kier molecular flexibility index (Phi) is 4.92. The van der Waals surface area contributed by atoms with Crippen LogP contribution in [0.4, 0.5) is 0 Å². The van der Waals surface area contributed by atoms with Crippen molar-refractivity contribution in [2.24, 2.45) is 5.73 Å². The molecule has 1 amide bonds. The van der Waals surface area contributed by atoms with Crippen molar-refractivity contribution < 1.29 is 4.79 Å². The zero-order valence-corrected chi connectivity index (χ0v) is 9.86. The summed E-state index contributed by atoms with van der Waals surface area (Å²) in [7, 11) is 0. The van der Waals surface area contributed by atoms with Crippen molar-refractivity contribution in [2.75, 3.05) is 6.54 Å². The third kappa shape index (κ3) is 3.62. The number of carbonyl (C=O) groups is 1. The fourth-order valence-corrected chi connectivity index (χ4v) is 1.38. The number of rotatable bonds is 5. The molecule has 0 saturated carbocycles. The molecule has 1 rings (SSSR count). The molecule has 0 saturated heterocycles. The average Bonchev–Trinajstić information content (AvgIpc) is 2.29. The van der Waals surface area contributed by atoms with E-state index in [2.05, 4.69) is 10.3 Å². The second-order valence-electron chi connectivity index (χ2n) is 3.88. The minimum absolute atomic E-state index is 0.124. The van der Waals surface area contributed by atoms with Gasteiger partial charge >= 0.3 is 0 Å². The Morgan fingerprint density at radius 3 is 3.00 bits per heavy atom. The zero-order chi connectivity index (χ0) is 12.0. The first-order valence-corrected chi connectivity index (χ1v) is 5.60. The van der Waals surface area contributed by atoms with Gasteiger partial charge in [0.25, 0.3) is 5.91 Å². The molecule has 1 atom stereocenters. The number of aromatic nitrogens is 1. The number of amides is 1. The second-order valence-corrected chi connectivity index (χ2v) is 3.88. The maximum atomic E-state index is 11.7. The molecule has 3 N–H and O–H groups in total. The lowest BCUT2D eigenvalue weighted by Gasteiger charge is -2.10. The van der Waals surface area contributed by atoms with E-state index in [-0.39, 0.29) is 11.9 Å². The minimum atomic E-state index is -0.124. The van der Waals surface area contributed by atoms with Crippen molar-refractivity contribution in [1.82, 2.24) is 10.3 Å². The molecule has 4 nitrogen and oxygen atoms in total. The van der Waals surface area contributed by atoms with Crippen molar-refractivity contribution in [1.29, 1.82) is 0 Å². The van der Waals surface area contributed by atoms with Crippen LogP contribution in [0.15, 0.2) is 18.3 Å². The molecule has 1 aromatic rings. The molecule has 0 bridgehead atoms. The number of nitrogens with one attached hydrogen (secondary N) is 1. The van der Waals surface area contributed by atoms with Crippen molar-refractivity contribution in [3.8, 4) is 0 Å². The first-order valence-electron chi connectivity index (χ1n) is 5.60. The van der Waals surface area contributed by atoms with Gasteiger partial charge in [-0.15, -0.1) is 0 Å². The van der Waals surface area contributed by atoms with E-state index in [0.717, 1.165) is 18.4 Å². The SMILES string of the molecule is CCC(N)CCNC(=O)c1ncccc1C. The Labute approximate surface area is 96.3 Å². The predicted octanol–water partition coefficient (Wildman–Crippen LogP) is 1.25. The highest BCUT2D eigenvalue weighted by molar-refractivity contribution is 5.93. The van der Waals surface area contributed by atoms with E-state index in [1.807, 2.05) is 26.0 Å². The first-order chi connectivity index (χ1) is 7.65. The van der Waals surface area contributed by atoms with Crippen LogP contribution in [0.3, 0.4) is 0 Å². The summed E-state index contributed by atoms with van der Waals surface area (Å²) >= 11 is 0. The molecule has 0 aliphatic rings. The second kappa shape index (κ2) is 6.23. The Morgan fingerprint density at radius 2 is 2.38 bits per heavy atom. The van der Waals surface area contributed by atoms with E-state index in [1.54, 1.807) is 6.20 Å². The van der Waals surface area contributed by atoms with Crippen LogP contribution in [-0.4, -0.2) is 23.5 Å². The third-order valence-corrected chi connectivity index (χ3v) is 2.55. The smallest absolute Gasteiger partial charge is 0.270 e. The predicted molar refractivity (Wildman–Crippen MR) is 64.2 cm³/mol. The average molecular weight is 221 g/mol. The number of aryl methyl sites for hydroxylation is 1. The number of pyridine rings is 1. The summed E-state index contributed by atoms with van der Waals surface area (Å²) in [5.41, 5.74) is 7.14. The van der Waals surface area contributed by atoms with Gasteiger partial charge in [0.05, 0.1) is 0 Å². The van der Waals surface area contributed by atoms with Gasteiger partial charge in [-0.25, -0.2) is 0 Å². The summed E-state index contributed by atoms with van der Waals surface area (Å²) in [6.07, 6.45) is 3.35. The Balaban J connectivity index is 2.44. The van der Waals surface area contributed by atoms with Gasteiger partial charge in [0.15, 0.2) is 0 Å². The third-order valence-electron chi connectivity index (χ3n) is 2.55. The van der Waals surface area contributed by atoms with Crippen molar-refractivity contribution >= 4 is 5.91 Å². The van der Waals surface area contributed by atoms with Crippen molar-refractivity contribution in [3.05, 3.63) is 29.6 Å². The molecule has 1 heterocycles. The standard InChI is InChI=1S/C12H19N3O/c1-3-10(13)6-8-15-12(16)11-9(2)5-4-7-14-11/h4-5,7,10H,3,6,8,13H2,1-2H3,(H,15,16). The Hall–Kier alpha value is -1.42. The van der Waals surface area contributed by atoms with E-state index in [9.17, 15) is 4.79 Å². The Bertz CT molecular complexity index is 352. The summed E-state index contributed by atoms with van der Waals surface area (Å²) in [6, 6.07) is 3.85. The van der Waals surface area contributed by atoms with Crippen molar-refractivity contribution in [3.63, 3.8) is 0 Å². The number of hydrogen-bond acceptors (Lipinski definition) is 3. The number of hydrogen-bond donors (Lipinski definition) is 2. The van der Waals surface area contributed by atoms with Gasteiger partial charge in [0, 0.05) is 18.8 Å². The number of carbonyl (C=O) groups excluding carboxylic acids is 1. The van der Waals surface area contributed by atoms with Crippen LogP contribution < -0.4 is 11.1 Å². The van der Waals surface area contributed by atoms with Crippen LogP contribution in [0, 0.1) is 6.92 Å². The molecule has 16 heavy (non-hydrogen) atoms. The number of nitrogens with two attached hydrogens (primary N) is 1. The highest BCUT2D eigenvalue weighted by Crippen LogP contribution is 2.02. The van der Waals surface area contributed by atoms with Gasteiger partial charge in [-0.3, -0.25) is 9.78 Å².